The fourth-order valence-electron chi connectivity index (χ4n) is 4.03. The molecule has 0 aliphatic carbocycles. The van der Waals surface area contributed by atoms with E-state index in [0.717, 1.165) is 11.3 Å². The summed E-state index contributed by atoms with van der Waals surface area (Å²) in [6.45, 7) is 0.871. The van der Waals surface area contributed by atoms with Gasteiger partial charge >= 0.3 is 0 Å². The monoisotopic (exact) mass is 366 g/mol. The molecular weight excluding hydrogens is 344 g/mol. The van der Waals surface area contributed by atoms with E-state index in [1.165, 1.54) is 0 Å². The van der Waals surface area contributed by atoms with Crippen LogP contribution in [0.1, 0.15) is 12.0 Å². The number of carbonyl (C=O) groups is 2. The second-order valence-corrected chi connectivity index (χ2v) is 7.00. The van der Waals surface area contributed by atoms with Crippen LogP contribution in [0.25, 0.3) is 0 Å². The lowest BCUT2D eigenvalue weighted by molar-refractivity contribution is -0.132. The number of hydrogen-bond acceptors (Lipinski definition) is 4. The van der Waals surface area contributed by atoms with Gasteiger partial charge in [-0.05, 0) is 42.3 Å². The maximum Gasteiger partial charge on any atom is 0.260 e. The van der Waals surface area contributed by atoms with Crippen molar-refractivity contribution >= 4 is 17.5 Å². The SMILES string of the molecule is COc1ccc2c(c1)[C@]1(CCN(C(=O)COc3ccccc3)C1)C(=O)N2C. The predicted octanol–water partition coefficient (Wildman–Crippen LogP) is 2.22. The molecule has 0 unspecified atom stereocenters. The Morgan fingerprint density at radius 1 is 1.15 bits per heavy atom. The van der Waals surface area contributed by atoms with Gasteiger partial charge in [-0.15, -0.1) is 0 Å². The van der Waals surface area contributed by atoms with Gasteiger partial charge in [0.25, 0.3) is 5.91 Å². The molecule has 1 fully saturated rings. The van der Waals surface area contributed by atoms with Gasteiger partial charge in [-0.1, -0.05) is 18.2 Å². The standard InChI is InChI=1S/C21H22N2O4/c1-22-18-9-8-16(26-2)12-17(18)21(20(22)25)10-11-23(14-21)19(24)13-27-15-6-4-3-5-7-15/h3-9,12H,10-11,13-14H2,1-2H3/t21-/m1/s1. The molecule has 6 nitrogen and oxygen atoms in total. The van der Waals surface area contributed by atoms with Crippen molar-refractivity contribution in [1.29, 1.82) is 0 Å². The van der Waals surface area contributed by atoms with Gasteiger partial charge in [-0.2, -0.15) is 0 Å². The molecule has 2 aromatic rings. The van der Waals surface area contributed by atoms with Crippen LogP contribution < -0.4 is 14.4 Å². The first-order valence-electron chi connectivity index (χ1n) is 8.97. The number of hydrogen-bond donors (Lipinski definition) is 0. The number of methoxy groups -OCH3 is 1. The van der Waals surface area contributed by atoms with Gasteiger partial charge in [-0.3, -0.25) is 9.59 Å². The van der Waals surface area contributed by atoms with Gasteiger partial charge in [0.05, 0.1) is 12.5 Å². The minimum atomic E-state index is -0.693. The zero-order valence-corrected chi connectivity index (χ0v) is 15.5. The zero-order valence-electron chi connectivity index (χ0n) is 15.5. The minimum absolute atomic E-state index is 0.0324. The molecule has 6 heteroatoms. The highest BCUT2D eigenvalue weighted by Crippen LogP contribution is 2.47. The van der Waals surface area contributed by atoms with Crippen molar-refractivity contribution in [3.8, 4) is 11.5 Å². The van der Waals surface area contributed by atoms with Crippen molar-refractivity contribution in [2.75, 3.05) is 38.8 Å². The number of likely N-dealkylation sites (tertiary alicyclic amines) is 1. The lowest BCUT2D eigenvalue weighted by atomic mass is 9.81. The van der Waals surface area contributed by atoms with E-state index in [2.05, 4.69) is 0 Å². The lowest BCUT2D eigenvalue weighted by Gasteiger charge is -2.23. The van der Waals surface area contributed by atoms with E-state index < -0.39 is 5.41 Å². The van der Waals surface area contributed by atoms with E-state index >= 15 is 0 Å². The third-order valence-corrected chi connectivity index (χ3v) is 5.52. The highest BCUT2D eigenvalue weighted by molar-refractivity contribution is 6.08. The van der Waals surface area contributed by atoms with Crippen LogP contribution in [0, 0.1) is 0 Å². The Morgan fingerprint density at radius 3 is 2.67 bits per heavy atom. The smallest absolute Gasteiger partial charge is 0.260 e. The molecule has 0 saturated carbocycles. The van der Waals surface area contributed by atoms with Gasteiger partial charge in [-0.25, -0.2) is 0 Å². The van der Waals surface area contributed by atoms with E-state index in [4.69, 9.17) is 9.47 Å². The molecule has 0 bridgehead atoms. The van der Waals surface area contributed by atoms with E-state index in [0.29, 0.717) is 31.0 Å². The van der Waals surface area contributed by atoms with Gasteiger partial charge in [0, 0.05) is 25.8 Å². The summed E-state index contributed by atoms with van der Waals surface area (Å²) in [7, 11) is 3.39. The zero-order chi connectivity index (χ0) is 19.0. The van der Waals surface area contributed by atoms with Crippen molar-refractivity contribution in [2.24, 2.45) is 0 Å². The highest BCUT2D eigenvalue weighted by atomic mass is 16.5. The molecule has 2 aliphatic heterocycles. The van der Waals surface area contributed by atoms with Crippen LogP contribution in [0.3, 0.4) is 0 Å². The van der Waals surface area contributed by atoms with Crippen molar-refractivity contribution < 1.29 is 19.1 Å². The second-order valence-electron chi connectivity index (χ2n) is 7.00. The second kappa shape index (κ2) is 6.61. The summed E-state index contributed by atoms with van der Waals surface area (Å²) in [5, 5.41) is 0. The number of amides is 2. The van der Waals surface area contributed by atoms with Crippen LogP contribution in [-0.2, 0) is 15.0 Å². The minimum Gasteiger partial charge on any atom is -0.497 e. The van der Waals surface area contributed by atoms with Crippen molar-refractivity contribution in [3.05, 3.63) is 54.1 Å². The van der Waals surface area contributed by atoms with Gasteiger partial charge < -0.3 is 19.3 Å². The Balaban J connectivity index is 1.53. The van der Waals surface area contributed by atoms with Gasteiger partial charge in [0.1, 0.15) is 11.5 Å². The third-order valence-electron chi connectivity index (χ3n) is 5.52. The fraction of sp³-hybridized carbons (Fsp3) is 0.333. The molecule has 140 valence electrons. The molecule has 0 N–H and O–H groups in total. The number of ether oxygens (including phenoxy) is 2. The molecule has 1 spiro atoms. The molecule has 0 aromatic heterocycles. The Labute approximate surface area is 158 Å². The highest BCUT2D eigenvalue weighted by Gasteiger charge is 2.54. The largest absolute Gasteiger partial charge is 0.497 e. The summed E-state index contributed by atoms with van der Waals surface area (Å²) in [6, 6.07) is 14.9. The van der Waals surface area contributed by atoms with Crippen molar-refractivity contribution in [2.45, 2.75) is 11.8 Å². The molecule has 2 aliphatic rings. The Kier molecular flexibility index (Phi) is 4.26. The number of nitrogens with zero attached hydrogens (tertiary/aromatic N) is 2. The Bertz CT molecular complexity index is 883. The average molecular weight is 366 g/mol. The summed E-state index contributed by atoms with van der Waals surface area (Å²) in [5.41, 5.74) is 1.13. The number of rotatable bonds is 4. The third kappa shape index (κ3) is 2.81. The van der Waals surface area contributed by atoms with E-state index in [9.17, 15) is 9.59 Å². The van der Waals surface area contributed by atoms with E-state index in [-0.39, 0.29) is 18.4 Å². The normalized spacial score (nSPS) is 20.9. The number of likely N-dealkylation sites (N-methyl/N-ethyl adjacent to an activating group) is 1. The van der Waals surface area contributed by atoms with Gasteiger partial charge in [0.15, 0.2) is 6.61 Å². The molecule has 0 radical (unpaired) electrons. The quantitative estimate of drug-likeness (QED) is 0.833. The molecule has 4 rings (SSSR count). The fourth-order valence-corrected chi connectivity index (χ4v) is 4.03. The van der Waals surface area contributed by atoms with Crippen LogP contribution >= 0.6 is 0 Å². The van der Waals surface area contributed by atoms with Crippen molar-refractivity contribution in [1.82, 2.24) is 4.90 Å². The maximum absolute atomic E-state index is 13.0. The first-order chi connectivity index (χ1) is 13.0. The van der Waals surface area contributed by atoms with E-state index in [1.807, 2.05) is 48.5 Å². The number of fused-ring (bicyclic) bond motifs is 2. The molecule has 2 heterocycles. The van der Waals surface area contributed by atoms with Gasteiger partial charge in [0.2, 0.25) is 5.91 Å². The molecule has 27 heavy (non-hydrogen) atoms. The van der Waals surface area contributed by atoms with Crippen LogP contribution in [0.2, 0.25) is 0 Å². The summed E-state index contributed by atoms with van der Waals surface area (Å²) in [4.78, 5) is 29.1. The summed E-state index contributed by atoms with van der Waals surface area (Å²) in [6.07, 6.45) is 0.605. The topological polar surface area (TPSA) is 59.1 Å². The number of para-hydroxylation sites is 1. The number of benzene rings is 2. The summed E-state index contributed by atoms with van der Waals surface area (Å²) in [5.74, 6) is 1.30. The van der Waals surface area contributed by atoms with Crippen molar-refractivity contribution in [3.63, 3.8) is 0 Å². The number of anilines is 1. The summed E-state index contributed by atoms with van der Waals surface area (Å²) < 4.78 is 10.9. The Hall–Kier alpha value is -3.02. The lowest BCUT2D eigenvalue weighted by Crippen LogP contribution is -2.42. The van der Waals surface area contributed by atoms with Crippen LogP contribution in [0.4, 0.5) is 5.69 Å². The molecule has 1 saturated heterocycles. The molecule has 1 atom stereocenters. The Morgan fingerprint density at radius 2 is 1.93 bits per heavy atom. The molecule has 2 aromatic carbocycles. The van der Waals surface area contributed by atoms with Crippen LogP contribution in [0.15, 0.2) is 48.5 Å². The van der Waals surface area contributed by atoms with Crippen LogP contribution in [0.5, 0.6) is 11.5 Å². The first kappa shape index (κ1) is 17.4. The average Bonchev–Trinajstić information content (AvgIpc) is 3.24. The van der Waals surface area contributed by atoms with Crippen LogP contribution in [-0.4, -0.2) is 50.6 Å². The molecular formula is C21H22N2O4. The molecule has 2 amide bonds. The first-order valence-corrected chi connectivity index (χ1v) is 8.97. The summed E-state index contributed by atoms with van der Waals surface area (Å²) >= 11 is 0. The number of carbonyl (C=O) groups excluding carboxylic acids is 2. The maximum atomic E-state index is 13.0. The predicted molar refractivity (Wildman–Crippen MR) is 101 cm³/mol. The van der Waals surface area contributed by atoms with E-state index in [1.54, 1.807) is 24.0 Å².